The summed E-state index contributed by atoms with van der Waals surface area (Å²) in [5, 5.41) is 0. The highest BCUT2D eigenvalue weighted by molar-refractivity contribution is 9.11. The minimum Gasteiger partial charge on any atom is -0.381 e. The molecular weight excluding hydrogens is 374 g/mol. The maximum atomic E-state index is 12.6. The molecule has 5 heteroatoms. The number of nitrogens with zero attached hydrogens (tertiary/aromatic N) is 1. The lowest BCUT2D eigenvalue weighted by atomic mass is 10.1. The van der Waals surface area contributed by atoms with E-state index >= 15 is 0 Å². The van der Waals surface area contributed by atoms with Crippen LogP contribution >= 0.6 is 31.9 Å². The molecule has 0 bridgehead atoms. The molecule has 104 valence electrons. The fraction of sp³-hybridized carbons (Fsp3) is 0.500. The first-order valence-electron chi connectivity index (χ1n) is 6.44. The predicted molar refractivity (Wildman–Crippen MR) is 82.3 cm³/mol. The molecule has 1 atom stereocenters. The Labute approximate surface area is 130 Å². The van der Waals surface area contributed by atoms with Gasteiger partial charge in [-0.3, -0.25) is 4.79 Å². The van der Waals surface area contributed by atoms with Crippen LogP contribution in [0.3, 0.4) is 0 Å². The van der Waals surface area contributed by atoms with E-state index in [0.29, 0.717) is 18.0 Å². The lowest BCUT2D eigenvalue weighted by molar-refractivity contribution is 0.0730. The predicted octanol–water partition coefficient (Wildman–Crippen LogP) is 3.71. The number of rotatable bonds is 4. The SMILES string of the molecule is CCN(CC1CCOC1)C(=O)c1cc(Br)ccc1Br. The van der Waals surface area contributed by atoms with Crippen LogP contribution in [-0.4, -0.2) is 37.1 Å². The van der Waals surface area contributed by atoms with Crippen molar-refractivity contribution >= 4 is 37.8 Å². The number of ether oxygens (including phenoxy) is 1. The van der Waals surface area contributed by atoms with Crippen LogP contribution < -0.4 is 0 Å². The third-order valence-electron chi connectivity index (χ3n) is 3.33. The van der Waals surface area contributed by atoms with Gasteiger partial charge < -0.3 is 9.64 Å². The Morgan fingerprint density at radius 3 is 2.89 bits per heavy atom. The highest BCUT2D eigenvalue weighted by Gasteiger charge is 2.23. The molecule has 19 heavy (non-hydrogen) atoms. The summed E-state index contributed by atoms with van der Waals surface area (Å²) < 4.78 is 7.13. The smallest absolute Gasteiger partial charge is 0.255 e. The van der Waals surface area contributed by atoms with E-state index in [4.69, 9.17) is 4.74 Å². The fourth-order valence-corrected chi connectivity index (χ4v) is 3.00. The summed E-state index contributed by atoms with van der Waals surface area (Å²) in [6.07, 6.45) is 1.05. The van der Waals surface area contributed by atoms with E-state index in [1.165, 1.54) is 0 Å². The van der Waals surface area contributed by atoms with Crippen LogP contribution in [-0.2, 0) is 4.74 Å². The van der Waals surface area contributed by atoms with Gasteiger partial charge in [0.05, 0.1) is 12.2 Å². The Kier molecular flexibility index (Phi) is 5.42. The van der Waals surface area contributed by atoms with Gasteiger partial charge in [0.1, 0.15) is 0 Å². The summed E-state index contributed by atoms with van der Waals surface area (Å²) in [6.45, 7) is 5.09. The van der Waals surface area contributed by atoms with Crippen LogP contribution in [0.25, 0.3) is 0 Å². The summed E-state index contributed by atoms with van der Waals surface area (Å²) in [7, 11) is 0. The molecule has 1 amide bonds. The van der Waals surface area contributed by atoms with Crippen molar-refractivity contribution in [2.75, 3.05) is 26.3 Å². The molecule has 3 nitrogen and oxygen atoms in total. The summed E-state index contributed by atoms with van der Waals surface area (Å²) in [4.78, 5) is 14.5. The number of halogens is 2. The van der Waals surface area contributed by atoms with Gasteiger partial charge >= 0.3 is 0 Å². The first-order chi connectivity index (χ1) is 9.11. The van der Waals surface area contributed by atoms with E-state index in [1.807, 2.05) is 30.0 Å². The molecule has 1 unspecified atom stereocenters. The second kappa shape index (κ2) is 6.86. The largest absolute Gasteiger partial charge is 0.381 e. The minimum absolute atomic E-state index is 0.0718. The van der Waals surface area contributed by atoms with Gasteiger partial charge in [0, 0.05) is 34.6 Å². The Morgan fingerprint density at radius 2 is 2.26 bits per heavy atom. The zero-order valence-corrected chi connectivity index (χ0v) is 14.0. The van der Waals surface area contributed by atoms with Gasteiger partial charge in [0.2, 0.25) is 0 Å². The Balaban J connectivity index is 2.12. The molecule has 1 aromatic carbocycles. The van der Waals surface area contributed by atoms with Crippen LogP contribution in [0.5, 0.6) is 0 Å². The zero-order valence-electron chi connectivity index (χ0n) is 10.9. The third-order valence-corrected chi connectivity index (χ3v) is 4.52. The van der Waals surface area contributed by atoms with Crippen LogP contribution in [0.2, 0.25) is 0 Å². The van der Waals surface area contributed by atoms with Crippen molar-refractivity contribution in [2.45, 2.75) is 13.3 Å². The Morgan fingerprint density at radius 1 is 1.47 bits per heavy atom. The third kappa shape index (κ3) is 3.80. The summed E-state index contributed by atoms with van der Waals surface area (Å²) in [6, 6.07) is 5.67. The average Bonchev–Trinajstić information content (AvgIpc) is 2.91. The topological polar surface area (TPSA) is 29.5 Å². The normalized spacial score (nSPS) is 18.6. The summed E-state index contributed by atoms with van der Waals surface area (Å²) >= 11 is 6.86. The van der Waals surface area contributed by atoms with Gasteiger partial charge in [-0.05, 0) is 47.5 Å². The summed E-state index contributed by atoms with van der Waals surface area (Å²) in [5.41, 5.74) is 0.704. The Bertz CT molecular complexity index is 459. The van der Waals surface area contributed by atoms with Crippen LogP contribution in [0.1, 0.15) is 23.7 Å². The van der Waals surface area contributed by atoms with Crippen LogP contribution in [0.15, 0.2) is 27.1 Å². The van der Waals surface area contributed by atoms with Gasteiger partial charge in [-0.25, -0.2) is 0 Å². The van der Waals surface area contributed by atoms with E-state index in [9.17, 15) is 4.79 Å². The van der Waals surface area contributed by atoms with Crippen molar-refractivity contribution in [1.82, 2.24) is 4.90 Å². The van der Waals surface area contributed by atoms with Gasteiger partial charge in [-0.1, -0.05) is 15.9 Å². The maximum Gasteiger partial charge on any atom is 0.255 e. The standard InChI is InChI=1S/C14H17Br2NO2/c1-2-17(8-10-5-6-19-9-10)14(18)12-7-11(15)3-4-13(12)16/h3-4,7,10H,2,5-6,8-9H2,1H3. The Hall–Kier alpha value is -0.390. The van der Waals surface area contributed by atoms with Crippen molar-refractivity contribution in [3.8, 4) is 0 Å². The number of hydrogen-bond donors (Lipinski definition) is 0. The molecule has 1 aliphatic rings. The van der Waals surface area contributed by atoms with Crippen LogP contribution in [0, 0.1) is 5.92 Å². The molecule has 1 aromatic rings. The van der Waals surface area contributed by atoms with Gasteiger partial charge in [-0.15, -0.1) is 0 Å². The number of carbonyl (C=O) groups is 1. The molecular formula is C14H17Br2NO2. The first kappa shape index (κ1) is 15.0. The van der Waals surface area contributed by atoms with E-state index in [2.05, 4.69) is 31.9 Å². The molecule has 1 aliphatic heterocycles. The van der Waals surface area contributed by atoms with E-state index < -0.39 is 0 Å². The van der Waals surface area contributed by atoms with Gasteiger partial charge in [0.15, 0.2) is 0 Å². The number of benzene rings is 1. The molecule has 1 saturated heterocycles. The molecule has 0 N–H and O–H groups in total. The molecule has 1 fully saturated rings. The zero-order chi connectivity index (χ0) is 13.8. The van der Waals surface area contributed by atoms with E-state index in [1.54, 1.807) is 0 Å². The van der Waals surface area contributed by atoms with E-state index in [0.717, 1.165) is 35.1 Å². The molecule has 0 saturated carbocycles. The second-order valence-corrected chi connectivity index (χ2v) is 6.47. The number of amides is 1. The molecule has 0 aliphatic carbocycles. The molecule has 0 spiro atoms. The second-order valence-electron chi connectivity index (χ2n) is 4.70. The monoisotopic (exact) mass is 389 g/mol. The minimum atomic E-state index is 0.0718. The van der Waals surface area contributed by atoms with Crippen molar-refractivity contribution in [1.29, 1.82) is 0 Å². The van der Waals surface area contributed by atoms with Crippen LogP contribution in [0.4, 0.5) is 0 Å². The quantitative estimate of drug-likeness (QED) is 0.784. The highest BCUT2D eigenvalue weighted by Crippen LogP contribution is 2.24. The first-order valence-corrected chi connectivity index (χ1v) is 8.02. The van der Waals surface area contributed by atoms with E-state index in [-0.39, 0.29) is 5.91 Å². The van der Waals surface area contributed by atoms with Crippen molar-refractivity contribution in [2.24, 2.45) is 5.92 Å². The molecule has 0 radical (unpaired) electrons. The fourth-order valence-electron chi connectivity index (χ4n) is 2.23. The lowest BCUT2D eigenvalue weighted by Crippen LogP contribution is -2.35. The number of carbonyl (C=O) groups excluding carboxylic acids is 1. The molecule has 1 heterocycles. The molecule has 0 aromatic heterocycles. The average molecular weight is 391 g/mol. The van der Waals surface area contributed by atoms with Crippen molar-refractivity contribution in [3.05, 3.63) is 32.7 Å². The highest BCUT2D eigenvalue weighted by atomic mass is 79.9. The maximum absolute atomic E-state index is 12.6. The summed E-state index contributed by atoms with van der Waals surface area (Å²) in [5.74, 6) is 0.539. The lowest BCUT2D eigenvalue weighted by Gasteiger charge is -2.24. The van der Waals surface area contributed by atoms with Crippen molar-refractivity contribution < 1.29 is 9.53 Å². The van der Waals surface area contributed by atoms with Crippen molar-refractivity contribution in [3.63, 3.8) is 0 Å². The van der Waals surface area contributed by atoms with Gasteiger partial charge in [-0.2, -0.15) is 0 Å². The van der Waals surface area contributed by atoms with Gasteiger partial charge in [0.25, 0.3) is 5.91 Å². The number of hydrogen-bond acceptors (Lipinski definition) is 2. The molecule has 2 rings (SSSR count).